The largest absolute Gasteiger partial charge is 0.497 e. The lowest BCUT2D eigenvalue weighted by atomic mass is 9.96. The second-order valence-corrected chi connectivity index (χ2v) is 6.91. The predicted molar refractivity (Wildman–Crippen MR) is 106 cm³/mol. The Balaban J connectivity index is 1.73. The number of nitrogens with zero attached hydrogens (tertiary/aromatic N) is 1. The van der Waals surface area contributed by atoms with Gasteiger partial charge in [-0.25, -0.2) is 9.78 Å². The Hall–Kier alpha value is -3.21. The number of para-hydroxylation sites is 1. The number of carbonyl (C=O) groups excluding carboxylic acids is 2. The summed E-state index contributed by atoms with van der Waals surface area (Å²) in [4.78, 5) is 29.7. The molecule has 4 rings (SSSR count). The van der Waals surface area contributed by atoms with Gasteiger partial charge in [0.15, 0.2) is 11.9 Å². The molecule has 5 heteroatoms. The highest BCUT2D eigenvalue weighted by Crippen LogP contribution is 2.28. The van der Waals surface area contributed by atoms with Crippen LogP contribution in [-0.2, 0) is 9.53 Å². The monoisotopic (exact) mass is 375 g/mol. The smallest absolute Gasteiger partial charge is 0.339 e. The molecule has 5 nitrogen and oxygen atoms in total. The summed E-state index contributed by atoms with van der Waals surface area (Å²) < 4.78 is 10.8. The number of pyridine rings is 1. The van der Waals surface area contributed by atoms with Gasteiger partial charge in [0.2, 0.25) is 0 Å². The zero-order valence-electron chi connectivity index (χ0n) is 15.7. The van der Waals surface area contributed by atoms with Crippen molar-refractivity contribution in [1.82, 2.24) is 4.98 Å². The van der Waals surface area contributed by atoms with Gasteiger partial charge in [0.25, 0.3) is 0 Å². The summed E-state index contributed by atoms with van der Waals surface area (Å²) in [5.41, 5.74) is 2.67. The lowest BCUT2D eigenvalue weighted by Gasteiger charge is -2.21. The van der Waals surface area contributed by atoms with Crippen molar-refractivity contribution in [3.05, 3.63) is 60.2 Å². The van der Waals surface area contributed by atoms with Crippen molar-refractivity contribution in [3.63, 3.8) is 0 Å². The van der Waals surface area contributed by atoms with E-state index in [0.717, 1.165) is 24.2 Å². The molecule has 0 N–H and O–H groups in total. The number of fused-ring (bicyclic) bond motifs is 1. The first-order valence-corrected chi connectivity index (χ1v) is 9.43. The Kier molecular flexibility index (Phi) is 5.06. The Bertz CT molecular complexity index is 1030. The number of rotatable bonds is 4. The molecule has 0 unspecified atom stereocenters. The van der Waals surface area contributed by atoms with Crippen LogP contribution in [0.1, 0.15) is 36.0 Å². The normalized spacial score (nSPS) is 16.8. The number of ketones is 1. The van der Waals surface area contributed by atoms with Gasteiger partial charge >= 0.3 is 5.97 Å². The summed E-state index contributed by atoms with van der Waals surface area (Å²) >= 11 is 0. The van der Waals surface area contributed by atoms with Gasteiger partial charge in [0, 0.05) is 17.4 Å². The molecule has 1 heterocycles. The van der Waals surface area contributed by atoms with Crippen molar-refractivity contribution in [3.8, 4) is 17.0 Å². The summed E-state index contributed by atoms with van der Waals surface area (Å²) in [6.07, 6.45) is 2.20. The fourth-order valence-corrected chi connectivity index (χ4v) is 3.52. The number of aromatic nitrogens is 1. The molecule has 0 radical (unpaired) electrons. The summed E-state index contributed by atoms with van der Waals surface area (Å²) in [5.74, 6) is 0.280. The molecular weight excluding hydrogens is 354 g/mol. The molecule has 0 bridgehead atoms. The highest BCUT2D eigenvalue weighted by Gasteiger charge is 2.27. The van der Waals surface area contributed by atoms with Crippen LogP contribution in [0, 0.1) is 0 Å². The van der Waals surface area contributed by atoms with Gasteiger partial charge in [-0.2, -0.15) is 0 Å². The Morgan fingerprint density at radius 1 is 1.07 bits per heavy atom. The van der Waals surface area contributed by atoms with Crippen molar-refractivity contribution in [2.24, 2.45) is 0 Å². The van der Waals surface area contributed by atoms with Crippen LogP contribution < -0.4 is 4.74 Å². The topological polar surface area (TPSA) is 65.5 Å². The second-order valence-electron chi connectivity index (χ2n) is 6.91. The third-order valence-electron chi connectivity index (χ3n) is 5.07. The van der Waals surface area contributed by atoms with E-state index in [2.05, 4.69) is 0 Å². The molecule has 1 aliphatic carbocycles. The molecule has 1 aliphatic rings. The Morgan fingerprint density at radius 2 is 1.86 bits per heavy atom. The first kappa shape index (κ1) is 18.2. The molecule has 0 saturated heterocycles. The number of methoxy groups -OCH3 is 1. The molecule has 3 aromatic rings. The van der Waals surface area contributed by atoms with Gasteiger partial charge in [0.1, 0.15) is 5.75 Å². The average molecular weight is 375 g/mol. The van der Waals surface area contributed by atoms with Gasteiger partial charge < -0.3 is 9.47 Å². The van der Waals surface area contributed by atoms with Crippen molar-refractivity contribution < 1.29 is 19.1 Å². The molecule has 28 heavy (non-hydrogen) atoms. The van der Waals surface area contributed by atoms with Gasteiger partial charge in [0.05, 0.1) is 23.9 Å². The van der Waals surface area contributed by atoms with E-state index in [1.807, 2.05) is 48.5 Å². The number of benzene rings is 2. The second kappa shape index (κ2) is 7.80. The fourth-order valence-electron chi connectivity index (χ4n) is 3.52. The molecule has 0 spiro atoms. The number of esters is 1. The summed E-state index contributed by atoms with van der Waals surface area (Å²) in [6, 6.07) is 16.7. The van der Waals surface area contributed by atoms with Gasteiger partial charge in [-0.3, -0.25) is 4.79 Å². The van der Waals surface area contributed by atoms with Crippen LogP contribution in [0.5, 0.6) is 5.75 Å². The van der Waals surface area contributed by atoms with Crippen LogP contribution in [-0.4, -0.2) is 30.0 Å². The van der Waals surface area contributed by atoms with E-state index in [-0.39, 0.29) is 5.78 Å². The van der Waals surface area contributed by atoms with Gasteiger partial charge in [-0.15, -0.1) is 0 Å². The lowest BCUT2D eigenvalue weighted by molar-refractivity contribution is -0.129. The zero-order chi connectivity index (χ0) is 19.5. The summed E-state index contributed by atoms with van der Waals surface area (Å²) in [5, 5.41) is 0.716. The van der Waals surface area contributed by atoms with E-state index in [1.54, 1.807) is 13.2 Å². The van der Waals surface area contributed by atoms with E-state index < -0.39 is 12.1 Å². The molecular formula is C23H21NO4. The molecule has 2 aromatic carbocycles. The van der Waals surface area contributed by atoms with E-state index in [0.29, 0.717) is 35.0 Å². The molecule has 1 fully saturated rings. The quantitative estimate of drug-likeness (QED) is 0.625. The first-order chi connectivity index (χ1) is 13.7. The number of carbonyl (C=O) groups is 2. The zero-order valence-corrected chi connectivity index (χ0v) is 15.7. The van der Waals surface area contributed by atoms with Crippen molar-refractivity contribution in [2.75, 3.05) is 7.11 Å². The predicted octanol–water partition coefficient (Wildman–Crippen LogP) is 4.58. The maximum absolute atomic E-state index is 12.9. The highest BCUT2D eigenvalue weighted by molar-refractivity contribution is 6.05. The minimum atomic E-state index is -0.641. The van der Waals surface area contributed by atoms with E-state index >= 15 is 0 Å². The highest BCUT2D eigenvalue weighted by atomic mass is 16.5. The van der Waals surface area contributed by atoms with Gasteiger partial charge in [-0.1, -0.05) is 18.2 Å². The molecule has 142 valence electrons. The summed E-state index contributed by atoms with van der Waals surface area (Å²) in [6.45, 7) is 0. The van der Waals surface area contributed by atoms with Crippen LogP contribution in [0.2, 0.25) is 0 Å². The van der Waals surface area contributed by atoms with Crippen LogP contribution in [0.3, 0.4) is 0 Å². The number of hydrogen-bond donors (Lipinski definition) is 0. The van der Waals surface area contributed by atoms with Crippen LogP contribution in [0.15, 0.2) is 54.6 Å². The SMILES string of the molecule is COc1ccc(-c2cc(C(=O)O[C@H]3CCCCC3=O)c3ccccc3n2)cc1. The van der Waals surface area contributed by atoms with Crippen LogP contribution >= 0.6 is 0 Å². The van der Waals surface area contributed by atoms with Crippen LogP contribution in [0.25, 0.3) is 22.2 Å². The lowest BCUT2D eigenvalue weighted by Crippen LogP contribution is -2.30. The number of hydrogen-bond acceptors (Lipinski definition) is 5. The van der Waals surface area contributed by atoms with Crippen molar-refractivity contribution in [2.45, 2.75) is 31.8 Å². The van der Waals surface area contributed by atoms with Gasteiger partial charge in [-0.05, 0) is 55.7 Å². The Labute approximate surface area is 163 Å². The maximum Gasteiger partial charge on any atom is 0.339 e. The standard InChI is InChI=1S/C23H21NO4/c1-27-16-12-10-15(11-13-16)20-14-18(17-6-2-3-7-19(17)24-20)23(26)28-22-9-5-4-8-21(22)25/h2-3,6-7,10-14,22H,4-5,8-9H2,1H3/t22-/m0/s1. The van der Waals surface area contributed by atoms with Crippen molar-refractivity contribution in [1.29, 1.82) is 0 Å². The molecule has 0 amide bonds. The van der Waals surface area contributed by atoms with Crippen LogP contribution in [0.4, 0.5) is 0 Å². The summed E-state index contributed by atoms with van der Waals surface area (Å²) in [7, 11) is 1.62. The average Bonchev–Trinajstić information content (AvgIpc) is 2.74. The Morgan fingerprint density at radius 3 is 2.61 bits per heavy atom. The minimum Gasteiger partial charge on any atom is -0.497 e. The van der Waals surface area contributed by atoms with E-state index in [9.17, 15) is 9.59 Å². The molecule has 0 aliphatic heterocycles. The number of ether oxygens (including phenoxy) is 2. The molecule has 1 saturated carbocycles. The molecule has 1 aromatic heterocycles. The maximum atomic E-state index is 12.9. The fraction of sp³-hybridized carbons (Fsp3) is 0.261. The number of Topliss-reactive ketones (excluding diaryl/α,β-unsaturated/α-hetero) is 1. The third-order valence-corrected chi connectivity index (χ3v) is 5.07. The first-order valence-electron chi connectivity index (χ1n) is 9.43. The third kappa shape index (κ3) is 3.60. The van der Waals surface area contributed by atoms with E-state index in [1.165, 1.54) is 0 Å². The van der Waals surface area contributed by atoms with E-state index in [4.69, 9.17) is 14.5 Å². The minimum absolute atomic E-state index is 0.00772. The molecule has 1 atom stereocenters. The van der Waals surface area contributed by atoms with Crippen molar-refractivity contribution >= 4 is 22.7 Å².